The van der Waals surface area contributed by atoms with Gasteiger partial charge in [0, 0.05) is 32.1 Å². The topological polar surface area (TPSA) is 80.8 Å². The van der Waals surface area contributed by atoms with Crippen LogP contribution in [0.3, 0.4) is 0 Å². The number of hydrogen-bond donors (Lipinski definition) is 1. The maximum absolute atomic E-state index is 12.4. The number of nitrogens with one attached hydrogen (secondary N) is 1. The SMILES string of the molecule is COc1ccc(C(=O)Nc2c(Cl)cncc2Cl)cc1OC(=O)N(C)C. The van der Waals surface area contributed by atoms with Crippen LogP contribution in [0, 0.1) is 0 Å². The maximum atomic E-state index is 12.4. The Balaban J connectivity index is 2.29. The van der Waals surface area contributed by atoms with Gasteiger partial charge in [-0.3, -0.25) is 9.78 Å². The van der Waals surface area contributed by atoms with Gasteiger partial charge in [0.05, 0.1) is 22.8 Å². The average Bonchev–Trinajstić information content (AvgIpc) is 2.57. The molecule has 0 atom stereocenters. The van der Waals surface area contributed by atoms with E-state index in [9.17, 15) is 9.59 Å². The summed E-state index contributed by atoms with van der Waals surface area (Å²) in [7, 11) is 4.51. The highest BCUT2D eigenvalue weighted by atomic mass is 35.5. The van der Waals surface area contributed by atoms with Crippen molar-refractivity contribution in [3.8, 4) is 11.5 Å². The van der Waals surface area contributed by atoms with Crippen molar-refractivity contribution in [2.24, 2.45) is 0 Å². The predicted octanol–water partition coefficient (Wildman–Crippen LogP) is 3.71. The van der Waals surface area contributed by atoms with Crippen LogP contribution in [0.25, 0.3) is 0 Å². The monoisotopic (exact) mass is 383 g/mol. The van der Waals surface area contributed by atoms with Crippen LogP contribution in [0.15, 0.2) is 30.6 Å². The first-order valence-corrected chi connectivity index (χ1v) is 7.76. The van der Waals surface area contributed by atoms with Crippen molar-refractivity contribution in [2.45, 2.75) is 0 Å². The fraction of sp³-hybridized carbons (Fsp3) is 0.188. The Kier molecular flexibility index (Phi) is 6.06. The number of aromatic nitrogens is 1. The quantitative estimate of drug-likeness (QED) is 0.869. The van der Waals surface area contributed by atoms with Gasteiger partial charge in [-0.1, -0.05) is 23.2 Å². The zero-order valence-corrected chi connectivity index (χ0v) is 15.2. The van der Waals surface area contributed by atoms with E-state index in [2.05, 4.69) is 10.3 Å². The highest BCUT2D eigenvalue weighted by Gasteiger charge is 2.17. The molecule has 2 amide bonds. The first-order valence-electron chi connectivity index (χ1n) is 7.01. The molecule has 7 nitrogen and oxygen atoms in total. The molecule has 2 aromatic rings. The number of carbonyl (C=O) groups is 2. The van der Waals surface area contributed by atoms with Crippen LogP contribution in [0.1, 0.15) is 10.4 Å². The van der Waals surface area contributed by atoms with Gasteiger partial charge < -0.3 is 19.7 Å². The van der Waals surface area contributed by atoms with Crippen molar-refractivity contribution in [2.75, 3.05) is 26.5 Å². The zero-order valence-electron chi connectivity index (χ0n) is 13.7. The number of hydrogen-bond acceptors (Lipinski definition) is 5. The number of methoxy groups -OCH3 is 1. The second-order valence-electron chi connectivity index (χ2n) is 5.06. The Morgan fingerprint density at radius 3 is 2.32 bits per heavy atom. The van der Waals surface area contributed by atoms with E-state index in [1.807, 2.05) is 0 Å². The lowest BCUT2D eigenvalue weighted by Gasteiger charge is -2.14. The van der Waals surface area contributed by atoms with E-state index in [1.54, 1.807) is 14.1 Å². The molecule has 0 radical (unpaired) electrons. The predicted molar refractivity (Wildman–Crippen MR) is 94.9 cm³/mol. The molecule has 25 heavy (non-hydrogen) atoms. The van der Waals surface area contributed by atoms with Crippen molar-refractivity contribution >= 4 is 40.9 Å². The Labute approximate surface area is 154 Å². The van der Waals surface area contributed by atoms with E-state index in [0.717, 1.165) is 0 Å². The van der Waals surface area contributed by atoms with Gasteiger partial charge >= 0.3 is 6.09 Å². The molecule has 9 heteroatoms. The van der Waals surface area contributed by atoms with Crippen LogP contribution in [0.2, 0.25) is 10.0 Å². The van der Waals surface area contributed by atoms with Gasteiger partial charge in [-0.15, -0.1) is 0 Å². The summed E-state index contributed by atoms with van der Waals surface area (Å²) in [5.41, 5.74) is 0.470. The van der Waals surface area contributed by atoms with Crippen molar-refractivity contribution in [3.63, 3.8) is 0 Å². The number of carbonyl (C=O) groups excluding carboxylic acids is 2. The number of ether oxygens (including phenoxy) is 2. The van der Waals surface area contributed by atoms with E-state index < -0.39 is 12.0 Å². The minimum atomic E-state index is -0.601. The third-order valence-electron chi connectivity index (χ3n) is 3.08. The van der Waals surface area contributed by atoms with Crippen LogP contribution < -0.4 is 14.8 Å². The summed E-state index contributed by atoms with van der Waals surface area (Å²) in [6.45, 7) is 0. The van der Waals surface area contributed by atoms with E-state index in [4.69, 9.17) is 32.7 Å². The van der Waals surface area contributed by atoms with Gasteiger partial charge in [0.1, 0.15) is 0 Å². The van der Waals surface area contributed by atoms with Gasteiger partial charge in [-0.25, -0.2) is 4.79 Å². The molecule has 0 fully saturated rings. The van der Waals surface area contributed by atoms with Gasteiger partial charge in [0.15, 0.2) is 11.5 Å². The lowest BCUT2D eigenvalue weighted by molar-refractivity contribution is 0.102. The molecule has 0 aliphatic carbocycles. The number of amides is 2. The largest absolute Gasteiger partial charge is 0.493 e. The lowest BCUT2D eigenvalue weighted by Crippen LogP contribution is -2.25. The standard InChI is InChI=1S/C16H15Cl2N3O4/c1-21(2)16(23)25-13-6-9(4-5-12(13)24-3)15(22)20-14-10(17)7-19-8-11(14)18/h4-8H,1-3H3,(H,19,20,22). The van der Waals surface area contributed by atoms with E-state index in [-0.39, 0.29) is 27.0 Å². The Bertz CT molecular complexity index is 792. The van der Waals surface area contributed by atoms with Gasteiger partial charge in [0.2, 0.25) is 0 Å². The summed E-state index contributed by atoms with van der Waals surface area (Å²) in [6.07, 6.45) is 2.12. The summed E-state index contributed by atoms with van der Waals surface area (Å²) < 4.78 is 10.3. The number of pyridine rings is 1. The van der Waals surface area contributed by atoms with Crippen LogP contribution in [0.4, 0.5) is 10.5 Å². The summed E-state index contributed by atoms with van der Waals surface area (Å²) in [4.78, 5) is 29.3. The summed E-state index contributed by atoms with van der Waals surface area (Å²) in [5, 5.41) is 3.01. The molecule has 0 saturated heterocycles. The van der Waals surface area contributed by atoms with Crippen LogP contribution in [-0.4, -0.2) is 43.1 Å². The molecule has 1 heterocycles. The number of rotatable bonds is 4. The molecular weight excluding hydrogens is 369 g/mol. The highest BCUT2D eigenvalue weighted by molar-refractivity contribution is 6.39. The molecule has 0 unspecified atom stereocenters. The molecule has 1 N–H and O–H groups in total. The molecular formula is C16H15Cl2N3O4. The van der Waals surface area contributed by atoms with Crippen LogP contribution in [0.5, 0.6) is 11.5 Å². The normalized spacial score (nSPS) is 10.1. The summed E-state index contributed by atoms with van der Waals surface area (Å²) in [6, 6.07) is 4.42. The molecule has 2 rings (SSSR count). The zero-order chi connectivity index (χ0) is 18.6. The average molecular weight is 384 g/mol. The number of benzene rings is 1. The molecule has 1 aromatic carbocycles. The fourth-order valence-electron chi connectivity index (χ4n) is 1.80. The highest BCUT2D eigenvalue weighted by Crippen LogP contribution is 2.31. The Morgan fingerprint density at radius 2 is 1.76 bits per heavy atom. The Hall–Kier alpha value is -2.51. The molecule has 0 saturated carbocycles. The summed E-state index contributed by atoms with van der Waals surface area (Å²) >= 11 is 12.0. The summed E-state index contributed by atoms with van der Waals surface area (Å²) in [5.74, 6) is -0.0627. The fourth-order valence-corrected chi connectivity index (χ4v) is 2.26. The maximum Gasteiger partial charge on any atom is 0.414 e. The van der Waals surface area contributed by atoms with Crippen molar-refractivity contribution in [1.29, 1.82) is 0 Å². The molecule has 0 spiro atoms. The number of anilines is 1. The Morgan fingerprint density at radius 1 is 1.12 bits per heavy atom. The minimum Gasteiger partial charge on any atom is -0.493 e. The second kappa shape index (κ2) is 8.04. The van der Waals surface area contributed by atoms with Crippen molar-refractivity contribution < 1.29 is 19.1 Å². The molecule has 1 aromatic heterocycles. The van der Waals surface area contributed by atoms with Crippen molar-refractivity contribution in [3.05, 3.63) is 46.2 Å². The van der Waals surface area contributed by atoms with Gasteiger partial charge in [0.25, 0.3) is 5.91 Å². The molecule has 132 valence electrons. The first kappa shape index (κ1) is 18.8. The van der Waals surface area contributed by atoms with E-state index in [1.165, 1.54) is 42.6 Å². The smallest absolute Gasteiger partial charge is 0.414 e. The van der Waals surface area contributed by atoms with Crippen molar-refractivity contribution in [1.82, 2.24) is 9.88 Å². The van der Waals surface area contributed by atoms with Crippen LogP contribution >= 0.6 is 23.2 Å². The second-order valence-corrected chi connectivity index (χ2v) is 5.87. The number of halogens is 2. The minimum absolute atomic E-state index is 0.112. The lowest BCUT2D eigenvalue weighted by atomic mass is 10.2. The van der Waals surface area contributed by atoms with Gasteiger partial charge in [-0.2, -0.15) is 0 Å². The van der Waals surface area contributed by atoms with E-state index >= 15 is 0 Å². The molecule has 0 aliphatic rings. The third kappa shape index (κ3) is 4.52. The first-order chi connectivity index (χ1) is 11.8. The number of nitrogens with zero attached hydrogens (tertiary/aromatic N) is 2. The van der Waals surface area contributed by atoms with E-state index in [0.29, 0.717) is 5.75 Å². The van der Waals surface area contributed by atoms with Gasteiger partial charge in [-0.05, 0) is 18.2 Å². The third-order valence-corrected chi connectivity index (χ3v) is 3.65. The molecule has 0 aliphatic heterocycles. The molecule has 0 bridgehead atoms. The van der Waals surface area contributed by atoms with Crippen LogP contribution in [-0.2, 0) is 0 Å².